The van der Waals surface area contributed by atoms with E-state index in [4.69, 9.17) is 0 Å². The summed E-state index contributed by atoms with van der Waals surface area (Å²) < 4.78 is 0. The minimum Gasteiger partial charge on any atom is -0.316 e. The minimum atomic E-state index is 0.930. The van der Waals surface area contributed by atoms with Gasteiger partial charge in [-0.1, -0.05) is 24.3 Å². The molecule has 70 valence electrons. The zero-order valence-corrected chi connectivity index (χ0v) is 8.22. The maximum absolute atomic E-state index is 3.31. The lowest BCUT2D eigenvalue weighted by atomic mass is 9.93. The predicted octanol–water partition coefficient (Wildman–Crippen LogP) is 2.15. The van der Waals surface area contributed by atoms with Crippen LogP contribution < -0.4 is 5.32 Å². The topological polar surface area (TPSA) is 12.0 Å². The number of nitrogens with one attached hydrogen (secondary N) is 1. The number of hydrogen-bond donors (Lipinski definition) is 1. The summed E-state index contributed by atoms with van der Waals surface area (Å²) in [5, 5.41) is 3.31. The van der Waals surface area contributed by atoms with Gasteiger partial charge >= 0.3 is 0 Å². The number of aryl methyl sites for hydroxylation is 2. The van der Waals surface area contributed by atoms with Crippen molar-refractivity contribution in [2.45, 2.75) is 19.8 Å². The van der Waals surface area contributed by atoms with Crippen molar-refractivity contribution in [3.05, 3.63) is 35.4 Å². The Morgan fingerprint density at radius 1 is 1.31 bits per heavy atom. The third-order valence-corrected chi connectivity index (χ3v) is 2.95. The fourth-order valence-electron chi connectivity index (χ4n) is 1.80. The normalized spacial score (nSPS) is 17.0. The summed E-state index contributed by atoms with van der Waals surface area (Å²) in [6.45, 7) is 4.66. The van der Waals surface area contributed by atoms with E-state index in [1.54, 1.807) is 0 Å². The molecule has 1 fully saturated rings. The van der Waals surface area contributed by atoms with Crippen LogP contribution in [0.1, 0.15) is 17.5 Å². The third kappa shape index (κ3) is 2.10. The molecule has 0 bridgehead atoms. The van der Waals surface area contributed by atoms with E-state index in [-0.39, 0.29) is 0 Å². The lowest BCUT2D eigenvalue weighted by Gasteiger charge is -2.27. The molecule has 13 heavy (non-hydrogen) atoms. The summed E-state index contributed by atoms with van der Waals surface area (Å²) in [5.41, 5.74) is 2.96. The van der Waals surface area contributed by atoms with E-state index < -0.39 is 0 Å². The lowest BCUT2D eigenvalue weighted by molar-refractivity contribution is 0.327. The summed E-state index contributed by atoms with van der Waals surface area (Å²) in [7, 11) is 0. The Kier molecular flexibility index (Phi) is 2.65. The fraction of sp³-hybridized carbons (Fsp3) is 0.500. The molecule has 0 atom stereocenters. The van der Waals surface area contributed by atoms with Crippen LogP contribution in [0.3, 0.4) is 0 Å². The zero-order chi connectivity index (χ0) is 9.10. The molecule has 0 amide bonds. The zero-order valence-electron chi connectivity index (χ0n) is 8.22. The van der Waals surface area contributed by atoms with Gasteiger partial charge in [-0.3, -0.25) is 0 Å². The molecule has 0 aromatic heterocycles. The molecule has 0 radical (unpaired) electrons. The Bertz CT molecular complexity index is 276. The van der Waals surface area contributed by atoms with Gasteiger partial charge in [0.15, 0.2) is 0 Å². The second kappa shape index (κ2) is 3.93. The molecule has 1 heterocycles. The van der Waals surface area contributed by atoms with Crippen molar-refractivity contribution < 1.29 is 0 Å². The third-order valence-electron chi connectivity index (χ3n) is 2.95. The highest BCUT2D eigenvalue weighted by Crippen LogP contribution is 2.15. The second-order valence-electron chi connectivity index (χ2n) is 3.99. The van der Waals surface area contributed by atoms with E-state index >= 15 is 0 Å². The van der Waals surface area contributed by atoms with Gasteiger partial charge in [0.05, 0.1) is 0 Å². The van der Waals surface area contributed by atoms with Crippen LogP contribution in [0.15, 0.2) is 24.3 Å². The summed E-state index contributed by atoms with van der Waals surface area (Å²) in [4.78, 5) is 0. The Morgan fingerprint density at radius 3 is 2.69 bits per heavy atom. The highest BCUT2D eigenvalue weighted by Gasteiger charge is 2.15. The first-order valence-electron chi connectivity index (χ1n) is 5.11. The first-order chi connectivity index (χ1) is 6.36. The summed E-state index contributed by atoms with van der Waals surface area (Å²) in [5.74, 6) is 0.930. The Balaban J connectivity index is 1.89. The van der Waals surface area contributed by atoms with E-state index in [1.807, 2.05) is 0 Å². The van der Waals surface area contributed by atoms with E-state index in [0.29, 0.717) is 0 Å². The van der Waals surface area contributed by atoms with Crippen LogP contribution in [0, 0.1) is 12.8 Å². The molecular formula is C12H17N. The van der Waals surface area contributed by atoms with Gasteiger partial charge in [-0.25, -0.2) is 0 Å². The SMILES string of the molecule is Cc1ccccc1CCC1CNC1. The predicted molar refractivity (Wildman–Crippen MR) is 55.9 cm³/mol. The smallest absolute Gasteiger partial charge is 0.000814 e. The van der Waals surface area contributed by atoms with Crippen molar-refractivity contribution in [3.8, 4) is 0 Å². The molecule has 1 aromatic rings. The average molecular weight is 175 g/mol. The maximum Gasteiger partial charge on any atom is -0.000814 e. The average Bonchev–Trinajstić information content (AvgIpc) is 2.05. The molecule has 0 saturated carbocycles. The monoisotopic (exact) mass is 175 g/mol. The number of rotatable bonds is 3. The highest BCUT2D eigenvalue weighted by atomic mass is 14.9. The molecule has 1 saturated heterocycles. The van der Waals surface area contributed by atoms with Gasteiger partial charge in [-0.15, -0.1) is 0 Å². The van der Waals surface area contributed by atoms with Gasteiger partial charge in [0.1, 0.15) is 0 Å². The van der Waals surface area contributed by atoms with Crippen LogP contribution in [0.5, 0.6) is 0 Å². The van der Waals surface area contributed by atoms with Crippen LogP contribution in [0.4, 0.5) is 0 Å². The van der Waals surface area contributed by atoms with Gasteiger partial charge in [0, 0.05) is 0 Å². The molecule has 1 heteroatoms. The van der Waals surface area contributed by atoms with Crippen molar-refractivity contribution in [1.82, 2.24) is 5.32 Å². The van der Waals surface area contributed by atoms with Gasteiger partial charge in [-0.05, 0) is 49.9 Å². The first-order valence-corrected chi connectivity index (χ1v) is 5.11. The molecule has 0 aliphatic carbocycles. The fourth-order valence-corrected chi connectivity index (χ4v) is 1.80. The summed E-state index contributed by atoms with van der Waals surface area (Å²) >= 11 is 0. The van der Waals surface area contributed by atoms with E-state index in [1.165, 1.54) is 37.1 Å². The van der Waals surface area contributed by atoms with Crippen LogP contribution in [0.25, 0.3) is 0 Å². The standard InChI is InChI=1S/C12H17N/c1-10-4-2-3-5-12(10)7-6-11-8-13-9-11/h2-5,11,13H,6-9H2,1H3. The Labute approximate surface area is 80.2 Å². The molecule has 0 unspecified atom stereocenters. The molecule has 1 nitrogen and oxygen atoms in total. The number of benzene rings is 1. The van der Waals surface area contributed by atoms with E-state index in [2.05, 4.69) is 36.5 Å². The highest BCUT2D eigenvalue weighted by molar-refractivity contribution is 5.25. The van der Waals surface area contributed by atoms with Crippen molar-refractivity contribution in [2.75, 3.05) is 13.1 Å². The molecule has 1 aliphatic heterocycles. The Hall–Kier alpha value is -0.820. The van der Waals surface area contributed by atoms with E-state index in [0.717, 1.165) is 5.92 Å². The molecule has 0 spiro atoms. The second-order valence-corrected chi connectivity index (χ2v) is 3.99. The first kappa shape index (κ1) is 8.76. The summed E-state index contributed by atoms with van der Waals surface area (Å²) in [6, 6.07) is 8.71. The lowest BCUT2D eigenvalue weighted by Crippen LogP contribution is -2.42. The Morgan fingerprint density at radius 2 is 2.08 bits per heavy atom. The van der Waals surface area contributed by atoms with Crippen molar-refractivity contribution in [2.24, 2.45) is 5.92 Å². The molecule has 1 aliphatic rings. The van der Waals surface area contributed by atoms with Crippen LogP contribution in [0.2, 0.25) is 0 Å². The molecule has 2 rings (SSSR count). The largest absolute Gasteiger partial charge is 0.316 e. The summed E-state index contributed by atoms with van der Waals surface area (Å²) in [6.07, 6.45) is 2.59. The van der Waals surface area contributed by atoms with Gasteiger partial charge in [-0.2, -0.15) is 0 Å². The van der Waals surface area contributed by atoms with E-state index in [9.17, 15) is 0 Å². The van der Waals surface area contributed by atoms with Crippen molar-refractivity contribution in [1.29, 1.82) is 0 Å². The minimum absolute atomic E-state index is 0.930. The van der Waals surface area contributed by atoms with Gasteiger partial charge in [0.2, 0.25) is 0 Å². The van der Waals surface area contributed by atoms with Gasteiger partial charge < -0.3 is 5.32 Å². The van der Waals surface area contributed by atoms with Crippen molar-refractivity contribution >= 4 is 0 Å². The van der Waals surface area contributed by atoms with Crippen LogP contribution >= 0.6 is 0 Å². The number of hydrogen-bond acceptors (Lipinski definition) is 1. The maximum atomic E-state index is 3.31. The van der Waals surface area contributed by atoms with Gasteiger partial charge in [0.25, 0.3) is 0 Å². The molecule has 1 N–H and O–H groups in total. The quantitative estimate of drug-likeness (QED) is 0.742. The molecule has 1 aromatic carbocycles. The van der Waals surface area contributed by atoms with Crippen molar-refractivity contribution in [3.63, 3.8) is 0 Å². The van der Waals surface area contributed by atoms with Crippen LogP contribution in [-0.4, -0.2) is 13.1 Å². The van der Waals surface area contributed by atoms with Crippen LogP contribution in [-0.2, 0) is 6.42 Å². The molecular weight excluding hydrogens is 158 g/mol.